The van der Waals surface area contributed by atoms with E-state index in [4.69, 9.17) is 0 Å². The Morgan fingerprint density at radius 1 is 1.21 bits per heavy atom. The third-order valence-corrected chi connectivity index (χ3v) is 4.52. The van der Waals surface area contributed by atoms with Gasteiger partial charge in [-0.05, 0) is 56.3 Å². The van der Waals surface area contributed by atoms with E-state index < -0.39 is 0 Å². The Morgan fingerprint density at radius 2 is 1.89 bits per heavy atom. The number of piperidine rings is 1. The second-order valence-electron chi connectivity index (χ2n) is 5.72. The Bertz CT molecular complexity index is 383. The molecule has 19 heavy (non-hydrogen) atoms. The highest BCUT2D eigenvalue weighted by atomic mass is 16.3. The van der Waals surface area contributed by atoms with Crippen molar-refractivity contribution >= 4 is 0 Å². The Kier molecular flexibility index (Phi) is 5.26. The molecule has 1 heterocycles. The molecule has 0 saturated carbocycles. The predicted molar refractivity (Wildman–Crippen MR) is 80.6 cm³/mol. The molecule has 0 radical (unpaired) electrons. The van der Waals surface area contributed by atoms with Crippen LogP contribution in [-0.2, 0) is 0 Å². The minimum Gasteiger partial charge on any atom is -0.508 e. The van der Waals surface area contributed by atoms with Gasteiger partial charge < -0.3 is 10.0 Å². The highest BCUT2D eigenvalue weighted by Crippen LogP contribution is 2.34. The van der Waals surface area contributed by atoms with Gasteiger partial charge in [0.2, 0.25) is 0 Å². The molecule has 1 aliphatic heterocycles. The van der Waals surface area contributed by atoms with E-state index in [0.29, 0.717) is 11.7 Å². The number of para-hydroxylation sites is 1. The van der Waals surface area contributed by atoms with Crippen LogP contribution in [0.4, 0.5) is 0 Å². The standard InChI is InChI=1S/C17H27NO/c1-3-7-15(4-2)18-12-10-14(11-13-18)16-8-5-6-9-17(16)19/h5-6,8-9,14-15,19H,3-4,7,10-13H2,1-2H3. The van der Waals surface area contributed by atoms with E-state index in [1.54, 1.807) is 0 Å². The fourth-order valence-corrected chi connectivity index (χ4v) is 3.39. The molecule has 1 unspecified atom stereocenters. The Morgan fingerprint density at radius 3 is 2.47 bits per heavy atom. The Hall–Kier alpha value is -1.02. The number of aromatic hydroxyl groups is 1. The lowest BCUT2D eigenvalue weighted by atomic mass is 9.88. The lowest BCUT2D eigenvalue weighted by Gasteiger charge is -2.37. The molecule has 1 aromatic carbocycles. The quantitative estimate of drug-likeness (QED) is 0.860. The summed E-state index contributed by atoms with van der Waals surface area (Å²) in [4.78, 5) is 2.65. The fourth-order valence-electron chi connectivity index (χ4n) is 3.39. The van der Waals surface area contributed by atoms with Crippen molar-refractivity contribution in [3.05, 3.63) is 29.8 Å². The maximum atomic E-state index is 9.95. The van der Waals surface area contributed by atoms with Crippen LogP contribution in [0.2, 0.25) is 0 Å². The van der Waals surface area contributed by atoms with Crippen molar-refractivity contribution in [3.8, 4) is 5.75 Å². The summed E-state index contributed by atoms with van der Waals surface area (Å²) in [6.07, 6.45) is 6.21. The van der Waals surface area contributed by atoms with Gasteiger partial charge in [-0.15, -0.1) is 0 Å². The molecule has 0 bridgehead atoms. The van der Waals surface area contributed by atoms with Crippen molar-refractivity contribution in [3.63, 3.8) is 0 Å². The third kappa shape index (κ3) is 3.50. The SMILES string of the molecule is CCCC(CC)N1CCC(c2ccccc2O)CC1. The fraction of sp³-hybridized carbons (Fsp3) is 0.647. The van der Waals surface area contributed by atoms with E-state index in [9.17, 15) is 5.11 Å². The van der Waals surface area contributed by atoms with Gasteiger partial charge in [-0.3, -0.25) is 0 Å². The first-order valence-corrected chi connectivity index (χ1v) is 7.78. The van der Waals surface area contributed by atoms with Crippen molar-refractivity contribution in [2.24, 2.45) is 0 Å². The van der Waals surface area contributed by atoms with Gasteiger partial charge in [-0.1, -0.05) is 38.5 Å². The normalized spacial score (nSPS) is 19.5. The van der Waals surface area contributed by atoms with Crippen molar-refractivity contribution in [1.29, 1.82) is 0 Å². The molecule has 1 atom stereocenters. The molecule has 0 aromatic heterocycles. The van der Waals surface area contributed by atoms with Crippen molar-refractivity contribution in [2.45, 2.75) is 57.9 Å². The number of rotatable bonds is 5. The molecular weight excluding hydrogens is 234 g/mol. The number of benzene rings is 1. The minimum absolute atomic E-state index is 0.474. The highest BCUT2D eigenvalue weighted by Gasteiger charge is 2.25. The summed E-state index contributed by atoms with van der Waals surface area (Å²) in [5, 5.41) is 9.95. The van der Waals surface area contributed by atoms with E-state index in [0.717, 1.165) is 11.6 Å². The van der Waals surface area contributed by atoms with Gasteiger partial charge in [-0.25, -0.2) is 0 Å². The van der Waals surface area contributed by atoms with Crippen LogP contribution in [0.3, 0.4) is 0 Å². The molecule has 0 spiro atoms. The number of likely N-dealkylation sites (tertiary alicyclic amines) is 1. The maximum absolute atomic E-state index is 9.95. The molecule has 2 heteroatoms. The van der Waals surface area contributed by atoms with Gasteiger partial charge in [0.05, 0.1) is 0 Å². The van der Waals surface area contributed by atoms with Gasteiger partial charge in [0.15, 0.2) is 0 Å². The van der Waals surface area contributed by atoms with Crippen LogP contribution in [0.1, 0.15) is 57.4 Å². The van der Waals surface area contributed by atoms with Gasteiger partial charge in [0, 0.05) is 6.04 Å². The van der Waals surface area contributed by atoms with E-state index in [2.05, 4.69) is 24.8 Å². The van der Waals surface area contributed by atoms with Gasteiger partial charge in [-0.2, -0.15) is 0 Å². The van der Waals surface area contributed by atoms with Crippen molar-refractivity contribution < 1.29 is 5.11 Å². The molecule has 0 aliphatic carbocycles. The summed E-state index contributed by atoms with van der Waals surface area (Å²) >= 11 is 0. The summed E-state index contributed by atoms with van der Waals surface area (Å²) in [5.41, 5.74) is 1.14. The van der Waals surface area contributed by atoms with Crippen LogP contribution in [0.5, 0.6) is 5.75 Å². The maximum Gasteiger partial charge on any atom is 0.119 e. The smallest absolute Gasteiger partial charge is 0.119 e. The molecule has 1 fully saturated rings. The van der Waals surface area contributed by atoms with Crippen molar-refractivity contribution in [1.82, 2.24) is 4.90 Å². The number of hydrogen-bond acceptors (Lipinski definition) is 2. The second-order valence-corrected chi connectivity index (χ2v) is 5.72. The zero-order valence-corrected chi connectivity index (χ0v) is 12.3. The zero-order valence-electron chi connectivity index (χ0n) is 12.3. The minimum atomic E-state index is 0.474. The lowest BCUT2D eigenvalue weighted by molar-refractivity contribution is 0.139. The Balaban J connectivity index is 1.94. The second kappa shape index (κ2) is 6.95. The first kappa shape index (κ1) is 14.4. The first-order chi connectivity index (χ1) is 9.26. The van der Waals surface area contributed by atoms with Crippen LogP contribution in [0.15, 0.2) is 24.3 Å². The number of phenols is 1. The topological polar surface area (TPSA) is 23.5 Å². The molecule has 2 rings (SSSR count). The van der Waals surface area contributed by atoms with Crippen LogP contribution < -0.4 is 0 Å². The largest absolute Gasteiger partial charge is 0.508 e. The molecule has 2 nitrogen and oxygen atoms in total. The summed E-state index contributed by atoms with van der Waals surface area (Å²) in [7, 11) is 0. The van der Waals surface area contributed by atoms with Crippen molar-refractivity contribution in [2.75, 3.05) is 13.1 Å². The molecule has 1 saturated heterocycles. The average molecular weight is 261 g/mol. The highest BCUT2D eigenvalue weighted by molar-refractivity contribution is 5.35. The van der Waals surface area contributed by atoms with E-state index in [-0.39, 0.29) is 0 Å². The molecule has 1 aliphatic rings. The van der Waals surface area contributed by atoms with Crippen LogP contribution in [0.25, 0.3) is 0 Å². The van der Waals surface area contributed by atoms with E-state index >= 15 is 0 Å². The first-order valence-electron chi connectivity index (χ1n) is 7.78. The molecule has 106 valence electrons. The van der Waals surface area contributed by atoms with Gasteiger partial charge in [0.25, 0.3) is 0 Å². The van der Waals surface area contributed by atoms with Gasteiger partial charge in [0.1, 0.15) is 5.75 Å². The third-order valence-electron chi connectivity index (χ3n) is 4.52. The average Bonchev–Trinajstić information content (AvgIpc) is 2.46. The lowest BCUT2D eigenvalue weighted by Crippen LogP contribution is -2.40. The summed E-state index contributed by atoms with van der Waals surface area (Å²) in [5.74, 6) is 1.01. The summed E-state index contributed by atoms with van der Waals surface area (Å²) in [6.45, 7) is 6.93. The number of hydrogen-bond donors (Lipinski definition) is 1. The predicted octanol–water partition coefficient (Wildman–Crippen LogP) is 4.15. The van der Waals surface area contributed by atoms with Crippen LogP contribution >= 0.6 is 0 Å². The van der Waals surface area contributed by atoms with E-state index in [1.165, 1.54) is 45.2 Å². The molecule has 1 N–H and O–H groups in total. The zero-order chi connectivity index (χ0) is 13.7. The number of phenolic OH excluding ortho intramolecular Hbond substituents is 1. The van der Waals surface area contributed by atoms with E-state index in [1.807, 2.05) is 18.2 Å². The summed E-state index contributed by atoms with van der Waals surface area (Å²) in [6, 6.07) is 8.60. The Labute approximate surface area is 117 Å². The van der Waals surface area contributed by atoms with Gasteiger partial charge >= 0.3 is 0 Å². The monoisotopic (exact) mass is 261 g/mol. The number of nitrogens with zero attached hydrogens (tertiary/aromatic N) is 1. The molecular formula is C17H27NO. The molecule has 0 amide bonds. The summed E-state index contributed by atoms with van der Waals surface area (Å²) < 4.78 is 0. The van der Waals surface area contributed by atoms with Crippen LogP contribution in [-0.4, -0.2) is 29.1 Å². The molecule has 1 aromatic rings. The van der Waals surface area contributed by atoms with Crippen LogP contribution in [0, 0.1) is 0 Å².